The lowest BCUT2D eigenvalue weighted by Gasteiger charge is -2.15. The molecule has 1 amide bonds. The highest BCUT2D eigenvalue weighted by Gasteiger charge is 2.27. The number of hydrazone groups is 1. The number of nitrogens with one attached hydrogen (secondary N) is 1. The third-order valence-electron chi connectivity index (χ3n) is 5.05. The van der Waals surface area contributed by atoms with Gasteiger partial charge in [-0.2, -0.15) is 9.41 Å². The molecule has 0 spiro atoms. The summed E-state index contributed by atoms with van der Waals surface area (Å²) in [5.74, 6) is -0.412. The normalized spacial score (nSPS) is 18.6. The number of sulfonamides is 1. The number of carbonyl (C=O) groups excluding carboxylic acids is 1. The first-order chi connectivity index (χ1) is 13.1. The molecule has 1 N–H and O–H groups in total. The largest absolute Gasteiger partial charge is 0.271 e. The number of benzene rings is 2. The van der Waals surface area contributed by atoms with Crippen molar-refractivity contribution in [2.75, 3.05) is 13.1 Å². The Kier molecular flexibility index (Phi) is 4.80. The van der Waals surface area contributed by atoms with E-state index in [1.165, 1.54) is 22.0 Å². The fourth-order valence-corrected chi connectivity index (χ4v) is 5.15. The van der Waals surface area contributed by atoms with Gasteiger partial charge in [-0.3, -0.25) is 4.79 Å². The van der Waals surface area contributed by atoms with Crippen LogP contribution in [0.25, 0.3) is 0 Å². The molecule has 1 saturated heterocycles. The Morgan fingerprint density at radius 3 is 2.59 bits per heavy atom. The van der Waals surface area contributed by atoms with Gasteiger partial charge in [0.25, 0.3) is 5.91 Å². The predicted octanol–water partition coefficient (Wildman–Crippen LogP) is 2.55. The van der Waals surface area contributed by atoms with E-state index in [9.17, 15) is 13.2 Å². The topological polar surface area (TPSA) is 78.8 Å². The van der Waals surface area contributed by atoms with Crippen molar-refractivity contribution in [2.24, 2.45) is 5.10 Å². The van der Waals surface area contributed by atoms with Crippen molar-refractivity contribution < 1.29 is 13.2 Å². The molecule has 27 heavy (non-hydrogen) atoms. The van der Waals surface area contributed by atoms with Gasteiger partial charge in [0.2, 0.25) is 10.0 Å². The second-order valence-electron chi connectivity index (χ2n) is 6.80. The minimum Gasteiger partial charge on any atom is -0.267 e. The van der Waals surface area contributed by atoms with E-state index in [0.717, 1.165) is 37.0 Å². The highest BCUT2D eigenvalue weighted by Crippen LogP contribution is 2.23. The summed E-state index contributed by atoms with van der Waals surface area (Å²) in [5.41, 5.74) is 5.99. The summed E-state index contributed by atoms with van der Waals surface area (Å²) in [6, 6.07) is 14.1. The van der Waals surface area contributed by atoms with Gasteiger partial charge in [0, 0.05) is 24.2 Å². The van der Waals surface area contributed by atoms with Crippen LogP contribution in [0.1, 0.15) is 40.7 Å². The summed E-state index contributed by atoms with van der Waals surface area (Å²) in [5, 5.41) is 4.27. The van der Waals surface area contributed by atoms with Gasteiger partial charge in [0.1, 0.15) is 0 Å². The Morgan fingerprint density at radius 2 is 1.78 bits per heavy atom. The molecule has 140 valence electrons. The molecule has 1 aliphatic carbocycles. The van der Waals surface area contributed by atoms with Crippen LogP contribution < -0.4 is 5.43 Å². The zero-order chi connectivity index (χ0) is 18.9. The van der Waals surface area contributed by atoms with Gasteiger partial charge < -0.3 is 0 Å². The highest BCUT2D eigenvalue weighted by molar-refractivity contribution is 7.89. The van der Waals surface area contributed by atoms with Crippen molar-refractivity contribution in [3.05, 3.63) is 65.2 Å². The zero-order valence-corrected chi connectivity index (χ0v) is 15.7. The average Bonchev–Trinajstić information content (AvgIpc) is 3.37. The monoisotopic (exact) mass is 383 g/mol. The maximum atomic E-state index is 12.7. The standard InChI is InChI=1S/C20H21N3O3S/c24-20(22-21-19-11-10-15-6-1-2-9-18(15)19)16-7-5-8-17(14-16)27(25,26)23-12-3-4-13-23/h1-2,5-9,14H,3-4,10-13H2,(H,22,24)/b21-19-. The Balaban J connectivity index is 1.53. The molecule has 1 fully saturated rings. The minimum atomic E-state index is -3.55. The number of rotatable bonds is 4. The van der Waals surface area contributed by atoms with Crippen LogP contribution in [0.15, 0.2) is 58.5 Å². The van der Waals surface area contributed by atoms with E-state index in [0.29, 0.717) is 13.1 Å². The second-order valence-corrected chi connectivity index (χ2v) is 8.73. The molecule has 7 heteroatoms. The number of amides is 1. The first-order valence-corrected chi connectivity index (χ1v) is 10.5. The van der Waals surface area contributed by atoms with Crippen molar-refractivity contribution in [1.29, 1.82) is 0 Å². The maximum absolute atomic E-state index is 12.7. The van der Waals surface area contributed by atoms with Gasteiger partial charge in [0.15, 0.2) is 0 Å². The fourth-order valence-electron chi connectivity index (χ4n) is 3.58. The van der Waals surface area contributed by atoms with Crippen LogP contribution in [0.5, 0.6) is 0 Å². The predicted molar refractivity (Wildman–Crippen MR) is 103 cm³/mol. The smallest absolute Gasteiger partial charge is 0.267 e. The third-order valence-corrected chi connectivity index (χ3v) is 6.95. The van der Waals surface area contributed by atoms with E-state index >= 15 is 0 Å². The summed E-state index contributed by atoms with van der Waals surface area (Å²) in [7, 11) is -3.55. The first kappa shape index (κ1) is 17.9. The summed E-state index contributed by atoms with van der Waals surface area (Å²) in [4.78, 5) is 12.6. The number of carbonyl (C=O) groups is 1. The van der Waals surface area contributed by atoms with Crippen LogP contribution in [0.3, 0.4) is 0 Å². The second kappa shape index (κ2) is 7.25. The van der Waals surface area contributed by atoms with Gasteiger partial charge in [-0.15, -0.1) is 0 Å². The van der Waals surface area contributed by atoms with E-state index in [-0.39, 0.29) is 10.5 Å². The summed E-state index contributed by atoms with van der Waals surface area (Å²) < 4.78 is 26.8. The number of aryl methyl sites for hydroxylation is 1. The molecular formula is C20H21N3O3S. The van der Waals surface area contributed by atoms with E-state index in [4.69, 9.17) is 0 Å². The lowest BCUT2D eigenvalue weighted by Crippen LogP contribution is -2.28. The molecular weight excluding hydrogens is 362 g/mol. The highest BCUT2D eigenvalue weighted by atomic mass is 32.2. The Morgan fingerprint density at radius 1 is 1.00 bits per heavy atom. The molecule has 4 rings (SSSR count). The lowest BCUT2D eigenvalue weighted by atomic mass is 10.1. The van der Waals surface area contributed by atoms with Crippen molar-refractivity contribution in [3.63, 3.8) is 0 Å². The van der Waals surface area contributed by atoms with Crippen LogP contribution >= 0.6 is 0 Å². The summed E-state index contributed by atoms with van der Waals surface area (Å²) in [6.07, 6.45) is 3.44. The quantitative estimate of drug-likeness (QED) is 0.824. The molecule has 0 unspecified atom stereocenters. The van der Waals surface area contributed by atoms with Crippen LogP contribution in [0.4, 0.5) is 0 Å². The van der Waals surface area contributed by atoms with Crippen molar-refractivity contribution in [2.45, 2.75) is 30.6 Å². The van der Waals surface area contributed by atoms with Gasteiger partial charge in [-0.25, -0.2) is 13.8 Å². The fraction of sp³-hybridized carbons (Fsp3) is 0.300. The maximum Gasteiger partial charge on any atom is 0.271 e. The van der Waals surface area contributed by atoms with Crippen molar-refractivity contribution in [1.82, 2.24) is 9.73 Å². The Bertz CT molecular complexity index is 1010. The Hall–Kier alpha value is -2.51. The summed E-state index contributed by atoms with van der Waals surface area (Å²) >= 11 is 0. The van der Waals surface area contributed by atoms with Gasteiger partial charge in [-0.05, 0) is 49.4 Å². The SMILES string of the molecule is O=C(N/N=C1/CCc2ccccc21)c1cccc(S(=O)(=O)N2CCCC2)c1. The molecule has 0 bridgehead atoms. The van der Waals surface area contributed by atoms with Crippen molar-refractivity contribution >= 4 is 21.6 Å². The number of nitrogens with zero attached hydrogens (tertiary/aromatic N) is 2. The van der Waals surface area contributed by atoms with E-state index in [1.54, 1.807) is 12.1 Å². The van der Waals surface area contributed by atoms with Gasteiger partial charge >= 0.3 is 0 Å². The zero-order valence-electron chi connectivity index (χ0n) is 14.9. The van der Waals surface area contributed by atoms with E-state index in [1.807, 2.05) is 18.2 Å². The first-order valence-electron chi connectivity index (χ1n) is 9.11. The molecule has 2 aromatic carbocycles. The van der Waals surface area contributed by atoms with E-state index < -0.39 is 15.9 Å². The van der Waals surface area contributed by atoms with Crippen LogP contribution in [-0.4, -0.2) is 37.4 Å². The molecule has 2 aromatic rings. The number of hydrogen-bond acceptors (Lipinski definition) is 4. The van der Waals surface area contributed by atoms with Crippen LogP contribution in [0, 0.1) is 0 Å². The molecule has 0 atom stereocenters. The lowest BCUT2D eigenvalue weighted by molar-refractivity contribution is 0.0954. The van der Waals surface area contributed by atoms with Crippen molar-refractivity contribution in [3.8, 4) is 0 Å². The van der Waals surface area contributed by atoms with E-state index in [2.05, 4.69) is 16.6 Å². The number of hydrogen-bond donors (Lipinski definition) is 1. The molecule has 2 aliphatic rings. The molecule has 0 saturated carbocycles. The molecule has 1 aliphatic heterocycles. The van der Waals surface area contributed by atoms with Crippen LogP contribution in [-0.2, 0) is 16.4 Å². The molecule has 0 aromatic heterocycles. The third kappa shape index (κ3) is 3.52. The molecule has 1 heterocycles. The summed E-state index contributed by atoms with van der Waals surface area (Å²) in [6.45, 7) is 1.07. The average molecular weight is 383 g/mol. The van der Waals surface area contributed by atoms with Crippen LogP contribution in [0.2, 0.25) is 0 Å². The van der Waals surface area contributed by atoms with Gasteiger partial charge in [-0.1, -0.05) is 30.3 Å². The molecule has 6 nitrogen and oxygen atoms in total. The molecule has 0 radical (unpaired) electrons. The van der Waals surface area contributed by atoms with Gasteiger partial charge in [0.05, 0.1) is 10.6 Å². The Labute approximate surface area is 158 Å². The minimum absolute atomic E-state index is 0.149. The number of fused-ring (bicyclic) bond motifs is 1.